The van der Waals surface area contributed by atoms with Crippen LogP contribution in [0, 0.1) is 22.7 Å². The van der Waals surface area contributed by atoms with Crippen molar-refractivity contribution in [3.63, 3.8) is 0 Å². The number of methoxy groups -OCH3 is 1. The van der Waals surface area contributed by atoms with Crippen LogP contribution in [0.2, 0.25) is 0 Å². The summed E-state index contributed by atoms with van der Waals surface area (Å²) in [5.74, 6) is 0.345. The van der Waals surface area contributed by atoms with E-state index >= 15 is 0 Å². The van der Waals surface area contributed by atoms with Crippen LogP contribution in [0.25, 0.3) is 0 Å². The van der Waals surface area contributed by atoms with Gasteiger partial charge in [0.1, 0.15) is 0 Å². The van der Waals surface area contributed by atoms with Crippen molar-refractivity contribution in [3.8, 4) is 6.07 Å². The number of ether oxygens (including phenoxy) is 1. The van der Waals surface area contributed by atoms with Gasteiger partial charge in [0.2, 0.25) is 0 Å². The molecule has 0 saturated carbocycles. The molecule has 0 radical (unpaired) electrons. The van der Waals surface area contributed by atoms with Crippen LogP contribution in [0.4, 0.5) is 0 Å². The minimum atomic E-state index is -0.325. The van der Waals surface area contributed by atoms with Crippen molar-refractivity contribution in [1.82, 2.24) is 0 Å². The van der Waals surface area contributed by atoms with Gasteiger partial charge in [0.25, 0.3) is 0 Å². The molecule has 0 aliphatic heterocycles. The minimum absolute atomic E-state index is 0.325. The predicted molar refractivity (Wildman–Crippen MR) is 40.4 cm³/mol. The second-order valence-electron chi connectivity index (χ2n) is 3.12. The van der Waals surface area contributed by atoms with Gasteiger partial charge in [-0.1, -0.05) is 13.8 Å². The standard InChI is InChI=1S/C8H15NO/c1-7(2)8(3,5-9)6-10-4/h7H,6H2,1-4H3. The maximum absolute atomic E-state index is 8.76. The summed E-state index contributed by atoms with van der Waals surface area (Å²) in [7, 11) is 1.62. The maximum atomic E-state index is 8.76. The Kier molecular flexibility index (Phi) is 3.38. The van der Waals surface area contributed by atoms with Gasteiger partial charge >= 0.3 is 0 Å². The molecule has 10 heavy (non-hydrogen) atoms. The molecule has 58 valence electrons. The quantitative estimate of drug-likeness (QED) is 0.600. The van der Waals surface area contributed by atoms with Gasteiger partial charge in [-0.25, -0.2) is 0 Å². The Hall–Kier alpha value is -0.550. The molecular formula is C8H15NO. The molecule has 2 heteroatoms. The van der Waals surface area contributed by atoms with E-state index in [0.717, 1.165) is 0 Å². The lowest BCUT2D eigenvalue weighted by Crippen LogP contribution is -2.26. The van der Waals surface area contributed by atoms with Crippen molar-refractivity contribution >= 4 is 0 Å². The molecule has 0 aliphatic rings. The highest BCUT2D eigenvalue weighted by atomic mass is 16.5. The number of rotatable bonds is 3. The van der Waals surface area contributed by atoms with Gasteiger partial charge in [-0.15, -0.1) is 0 Å². The molecule has 0 bridgehead atoms. The first kappa shape index (κ1) is 9.45. The number of hydrogen-bond acceptors (Lipinski definition) is 2. The van der Waals surface area contributed by atoms with Crippen LogP contribution in [0.1, 0.15) is 20.8 Å². The molecule has 0 amide bonds. The Morgan fingerprint density at radius 3 is 2.20 bits per heavy atom. The summed E-state index contributed by atoms with van der Waals surface area (Å²) in [6.45, 7) is 6.49. The van der Waals surface area contributed by atoms with Crippen LogP contribution in [0.3, 0.4) is 0 Å². The first-order chi connectivity index (χ1) is 4.56. The fourth-order valence-corrected chi connectivity index (χ4v) is 0.628. The largest absolute Gasteiger partial charge is 0.383 e. The Morgan fingerprint density at radius 1 is 1.60 bits per heavy atom. The van der Waals surface area contributed by atoms with Crippen LogP contribution < -0.4 is 0 Å². The van der Waals surface area contributed by atoms with E-state index in [2.05, 4.69) is 6.07 Å². The van der Waals surface area contributed by atoms with E-state index in [-0.39, 0.29) is 5.41 Å². The van der Waals surface area contributed by atoms with E-state index < -0.39 is 0 Å². The third kappa shape index (κ3) is 2.00. The predicted octanol–water partition coefficient (Wildman–Crippen LogP) is 1.82. The molecule has 0 N–H and O–H groups in total. The lowest BCUT2D eigenvalue weighted by atomic mass is 9.81. The number of hydrogen-bond donors (Lipinski definition) is 0. The monoisotopic (exact) mass is 141 g/mol. The fourth-order valence-electron chi connectivity index (χ4n) is 0.628. The van der Waals surface area contributed by atoms with Gasteiger partial charge in [0.15, 0.2) is 0 Å². The molecule has 0 aromatic heterocycles. The molecule has 0 saturated heterocycles. The molecule has 1 atom stereocenters. The van der Waals surface area contributed by atoms with Crippen LogP contribution in [-0.2, 0) is 4.74 Å². The van der Waals surface area contributed by atoms with Gasteiger partial charge in [0, 0.05) is 7.11 Å². The van der Waals surface area contributed by atoms with Gasteiger partial charge in [0.05, 0.1) is 18.1 Å². The van der Waals surface area contributed by atoms with Gasteiger partial charge in [-0.05, 0) is 12.8 Å². The summed E-state index contributed by atoms with van der Waals surface area (Å²) in [6.07, 6.45) is 0. The molecule has 1 unspecified atom stereocenters. The Balaban J connectivity index is 4.12. The SMILES string of the molecule is COCC(C)(C#N)C(C)C. The molecule has 0 aromatic rings. The Morgan fingerprint density at radius 2 is 2.10 bits per heavy atom. The lowest BCUT2D eigenvalue weighted by Gasteiger charge is -2.24. The van der Waals surface area contributed by atoms with Crippen LogP contribution in [-0.4, -0.2) is 13.7 Å². The second kappa shape index (κ2) is 3.58. The second-order valence-corrected chi connectivity index (χ2v) is 3.12. The smallest absolute Gasteiger partial charge is 0.0801 e. The number of nitriles is 1. The van der Waals surface area contributed by atoms with Crippen LogP contribution >= 0.6 is 0 Å². The molecule has 0 heterocycles. The zero-order valence-corrected chi connectivity index (χ0v) is 7.14. The van der Waals surface area contributed by atoms with Crippen molar-refractivity contribution in [3.05, 3.63) is 0 Å². The van der Waals surface area contributed by atoms with Crippen LogP contribution in [0.5, 0.6) is 0 Å². The van der Waals surface area contributed by atoms with E-state index in [1.54, 1.807) is 7.11 Å². The summed E-state index contributed by atoms with van der Waals surface area (Å²) in [5, 5.41) is 8.76. The average Bonchev–Trinajstić information content (AvgIpc) is 1.88. The molecule has 0 aromatic carbocycles. The van der Waals surface area contributed by atoms with Crippen molar-refractivity contribution in [2.75, 3.05) is 13.7 Å². The summed E-state index contributed by atoms with van der Waals surface area (Å²) in [6, 6.07) is 2.25. The first-order valence-electron chi connectivity index (χ1n) is 3.47. The topological polar surface area (TPSA) is 33.0 Å². The fraction of sp³-hybridized carbons (Fsp3) is 0.875. The first-order valence-corrected chi connectivity index (χ1v) is 3.47. The van der Waals surface area contributed by atoms with Gasteiger partial charge < -0.3 is 4.74 Å². The molecule has 0 rings (SSSR count). The molecule has 0 aliphatic carbocycles. The van der Waals surface area contributed by atoms with Gasteiger partial charge in [-0.2, -0.15) is 5.26 Å². The molecule has 2 nitrogen and oxygen atoms in total. The summed E-state index contributed by atoms with van der Waals surface area (Å²) in [5.41, 5.74) is -0.325. The van der Waals surface area contributed by atoms with Crippen LogP contribution in [0.15, 0.2) is 0 Å². The van der Waals surface area contributed by atoms with Crippen molar-refractivity contribution in [2.24, 2.45) is 11.3 Å². The van der Waals surface area contributed by atoms with E-state index in [1.807, 2.05) is 20.8 Å². The maximum Gasteiger partial charge on any atom is 0.0801 e. The van der Waals surface area contributed by atoms with E-state index in [1.165, 1.54) is 0 Å². The van der Waals surface area contributed by atoms with E-state index in [4.69, 9.17) is 10.00 Å². The summed E-state index contributed by atoms with van der Waals surface area (Å²) < 4.78 is 4.94. The lowest BCUT2D eigenvalue weighted by molar-refractivity contribution is 0.0974. The number of nitrogens with zero attached hydrogens (tertiary/aromatic N) is 1. The van der Waals surface area contributed by atoms with Gasteiger partial charge in [-0.3, -0.25) is 0 Å². The summed E-state index contributed by atoms with van der Waals surface area (Å²) >= 11 is 0. The zero-order chi connectivity index (χ0) is 8.20. The average molecular weight is 141 g/mol. The van der Waals surface area contributed by atoms with Crippen molar-refractivity contribution in [1.29, 1.82) is 5.26 Å². The van der Waals surface area contributed by atoms with Crippen molar-refractivity contribution < 1.29 is 4.74 Å². The highest BCUT2D eigenvalue weighted by Crippen LogP contribution is 2.25. The molecule has 0 spiro atoms. The van der Waals surface area contributed by atoms with E-state index in [9.17, 15) is 0 Å². The molecular weight excluding hydrogens is 126 g/mol. The normalized spacial score (nSPS) is 16.4. The molecule has 0 fully saturated rings. The highest BCUT2D eigenvalue weighted by Gasteiger charge is 2.27. The highest BCUT2D eigenvalue weighted by molar-refractivity contribution is 4.97. The van der Waals surface area contributed by atoms with Crippen molar-refractivity contribution in [2.45, 2.75) is 20.8 Å². The summed E-state index contributed by atoms with van der Waals surface area (Å²) in [4.78, 5) is 0. The third-order valence-electron chi connectivity index (χ3n) is 1.97. The third-order valence-corrected chi connectivity index (χ3v) is 1.97. The Labute approximate surface area is 62.8 Å². The van der Waals surface area contributed by atoms with E-state index in [0.29, 0.717) is 12.5 Å². The Bertz CT molecular complexity index is 137. The zero-order valence-electron chi connectivity index (χ0n) is 7.14. The minimum Gasteiger partial charge on any atom is -0.383 e.